The van der Waals surface area contributed by atoms with Gasteiger partial charge >= 0.3 is 6.18 Å². The zero-order valence-corrected chi connectivity index (χ0v) is 24.9. The number of aromatic nitrogens is 2. The number of amides is 1. The number of benzene rings is 1. The van der Waals surface area contributed by atoms with Crippen LogP contribution in [0.15, 0.2) is 28.7 Å². The van der Waals surface area contributed by atoms with E-state index in [1.807, 2.05) is 0 Å². The number of alkyl halides is 3. The molecular weight excluding hydrogens is 607 g/mol. The zero-order valence-electron chi connectivity index (χ0n) is 22.4. The van der Waals surface area contributed by atoms with Crippen LogP contribution in [0.3, 0.4) is 0 Å². The number of methoxy groups -OCH3 is 1. The average Bonchev–Trinajstić information content (AvgIpc) is 3.43. The maximum Gasteiger partial charge on any atom is 0.410 e. The number of nitriles is 1. The minimum absolute atomic E-state index is 0.0681. The first kappa shape index (κ1) is 28.5. The maximum absolute atomic E-state index is 14.2. The van der Waals surface area contributed by atoms with Crippen LogP contribution in [0.25, 0.3) is 0 Å². The number of rotatable bonds is 4. The SMILES string of the molecule is COc1ccc([C@@H]2C[C@H](C(F)(F)F)n3nc(C(=O)Nc4sc5c(c4C#N)CC[C@@H](C(C)(C)C)C5)c(Br)c3N2)cc1. The normalized spacial score (nSPS) is 20.6. The molecule has 0 bridgehead atoms. The first-order chi connectivity index (χ1) is 18.8. The Bertz CT molecular complexity index is 1480. The van der Waals surface area contributed by atoms with Gasteiger partial charge in [0.2, 0.25) is 0 Å². The number of carbonyl (C=O) groups is 1. The zero-order chi connectivity index (χ0) is 29.0. The van der Waals surface area contributed by atoms with Crippen LogP contribution in [-0.4, -0.2) is 29.0 Å². The van der Waals surface area contributed by atoms with Gasteiger partial charge in [0, 0.05) is 11.3 Å². The molecule has 2 aromatic heterocycles. The first-order valence-corrected chi connectivity index (χ1v) is 14.5. The Balaban J connectivity index is 1.45. The van der Waals surface area contributed by atoms with Crippen molar-refractivity contribution in [2.45, 2.75) is 64.7 Å². The molecule has 3 aromatic rings. The van der Waals surface area contributed by atoms with Crippen LogP contribution in [0.2, 0.25) is 0 Å². The van der Waals surface area contributed by atoms with Gasteiger partial charge in [0.05, 0.1) is 23.2 Å². The summed E-state index contributed by atoms with van der Waals surface area (Å²) < 4.78 is 48.7. The summed E-state index contributed by atoms with van der Waals surface area (Å²) in [5.41, 5.74) is 1.95. The van der Waals surface area contributed by atoms with Gasteiger partial charge in [-0.15, -0.1) is 11.3 Å². The number of ether oxygens (including phenoxy) is 1. The largest absolute Gasteiger partial charge is 0.497 e. The molecule has 212 valence electrons. The van der Waals surface area contributed by atoms with Crippen LogP contribution in [0.4, 0.5) is 24.0 Å². The van der Waals surface area contributed by atoms with E-state index in [1.165, 1.54) is 18.4 Å². The second kappa shape index (κ2) is 10.4. The number of hydrogen-bond acceptors (Lipinski definition) is 6. The summed E-state index contributed by atoms with van der Waals surface area (Å²) >= 11 is 4.70. The molecule has 12 heteroatoms. The Hall–Kier alpha value is -3.04. The van der Waals surface area contributed by atoms with Crippen LogP contribution < -0.4 is 15.4 Å². The Morgan fingerprint density at radius 3 is 2.58 bits per heavy atom. The third-order valence-electron chi connectivity index (χ3n) is 7.86. The molecule has 2 aliphatic rings. The van der Waals surface area contributed by atoms with Crippen molar-refractivity contribution in [2.24, 2.45) is 11.3 Å². The Kier molecular flexibility index (Phi) is 7.42. The molecule has 1 aliphatic heterocycles. The van der Waals surface area contributed by atoms with Crippen LogP contribution in [0, 0.1) is 22.7 Å². The Morgan fingerprint density at radius 2 is 1.98 bits per heavy atom. The van der Waals surface area contributed by atoms with E-state index in [4.69, 9.17) is 4.74 Å². The number of anilines is 2. The van der Waals surface area contributed by atoms with Gasteiger partial charge in [0.25, 0.3) is 5.91 Å². The molecular formula is C28H29BrF3N5O2S. The van der Waals surface area contributed by atoms with Crippen molar-refractivity contribution in [3.63, 3.8) is 0 Å². The van der Waals surface area contributed by atoms with E-state index in [1.54, 1.807) is 24.3 Å². The molecule has 0 radical (unpaired) electrons. The van der Waals surface area contributed by atoms with Crippen molar-refractivity contribution in [3.05, 3.63) is 56.0 Å². The molecule has 0 fully saturated rings. The average molecular weight is 637 g/mol. The topological polar surface area (TPSA) is 92.0 Å². The van der Waals surface area contributed by atoms with Gasteiger partial charge in [-0.1, -0.05) is 32.9 Å². The van der Waals surface area contributed by atoms with Crippen molar-refractivity contribution in [1.82, 2.24) is 9.78 Å². The highest BCUT2D eigenvalue weighted by atomic mass is 79.9. The molecule has 1 aliphatic carbocycles. The summed E-state index contributed by atoms with van der Waals surface area (Å²) in [5.74, 6) is 0.434. The van der Waals surface area contributed by atoms with Gasteiger partial charge in [-0.25, -0.2) is 4.68 Å². The fourth-order valence-electron chi connectivity index (χ4n) is 5.48. The predicted molar refractivity (Wildman–Crippen MR) is 151 cm³/mol. The lowest BCUT2D eigenvalue weighted by Crippen LogP contribution is -2.35. The molecule has 0 spiro atoms. The highest BCUT2D eigenvalue weighted by Crippen LogP contribution is 2.47. The van der Waals surface area contributed by atoms with E-state index in [0.717, 1.165) is 34.4 Å². The summed E-state index contributed by atoms with van der Waals surface area (Å²) in [4.78, 5) is 14.5. The Labute approximate surface area is 242 Å². The number of halogens is 4. The number of thiophene rings is 1. The molecule has 0 saturated carbocycles. The summed E-state index contributed by atoms with van der Waals surface area (Å²) in [6.07, 6.45) is -2.37. The van der Waals surface area contributed by atoms with Crippen LogP contribution in [0.5, 0.6) is 5.75 Å². The van der Waals surface area contributed by atoms with Crippen LogP contribution >= 0.6 is 27.3 Å². The summed E-state index contributed by atoms with van der Waals surface area (Å²) in [5, 5.41) is 20.3. The molecule has 1 aromatic carbocycles. The minimum Gasteiger partial charge on any atom is -0.497 e. The smallest absolute Gasteiger partial charge is 0.410 e. The Morgan fingerprint density at radius 1 is 1.27 bits per heavy atom. The fourth-order valence-corrected chi connectivity index (χ4v) is 7.31. The van der Waals surface area contributed by atoms with Crippen molar-refractivity contribution in [3.8, 4) is 11.8 Å². The number of hydrogen-bond donors (Lipinski definition) is 2. The van der Waals surface area contributed by atoms with Crippen molar-refractivity contribution in [2.75, 3.05) is 17.7 Å². The van der Waals surface area contributed by atoms with Gasteiger partial charge in [0.15, 0.2) is 11.7 Å². The van der Waals surface area contributed by atoms with E-state index in [2.05, 4.69) is 58.5 Å². The molecule has 0 unspecified atom stereocenters. The number of nitrogens with zero attached hydrogens (tertiary/aromatic N) is 3. The summed E-state index contributed by atoms with van der Waals surface area (Å²) in [7, 11) is 1.52. The molecule has 3 heterocycles. The minimum atomic E-state index is -4.59. The molecule has 2 N–H and O–H groups in total. The lowest BCUT2D eigenvalue weighted by atomic mass is 9.72. The number of carbonyl (C=O) groups excluding carboxylic acids is 1. The van der Waals surface area contributed by atoms with Crippen LogP contribution in [0.1, 0.15) is 77.8 Å². The van der Waals surface area contributed by atoms with Gasteiger partial charge in [-0.05, 0) is 69.8 Å². The van der Waals surface area contributed by atoms with Gasteiger partial charge < -0.3 is 15.4 Å². The molecule has 5 rings (SSSR count). The monoisotopic (exact) mass is 635 g/mol. The third-order valence-corrected chi connectivity index (χ3v) is 9.78. The third kappa shape index (κ3) is 5.21. The number of fused-ring (bicyclic) bond motifs is 2. The van der Waals surface area contributed by atoms with Crippen molar-refractivity contribution >= 4 is 44.0 Å². The predicted octanol–water partition coefficient (Wildman–Crippen LogP) is 7.65. The van der Waals surface area contributed by atoms with E-state index in [-0.39, 0.29) is 27.8 Å². The van der Waals surface area contributed by atoms with E-state index in [0.29, 0.717) is 27.8 Å². The second-order valence-corrected chi connectivity index (χ2v) is 13.2. The van der Waals surface area contributed by atoms with Crippen molar-refractivity contribution < 1.29 is 22.7 Å². The summed E-state index contributed by atoms with van der Waals surface area (Å²) in [6, 6.07) is 6.43. The molecule has 1 amide bonds. The van der Waals surface area contributed by atoms with Crippen LogP contribution in [-0.2, 0) is 12.8 Å². The lowest BCUT2D eigenvalue weighted by molar-refractivity contribution is -0.173. The molecule has 7 nitrogen and oxygen atoms in total. The lowest BCUT2D eigenvalue weighted by Gasteiger charge is -2.33. The molecule has 3 atom stereocenters. The molecule has 40 heavy (non-hydrogen) atoms. The highest BCUT2D eigenvalue weighted by Gasteiger charge is 2.48. The van der Waals surface area contributed by atoms with E-state index < -0.39 is 24.2 Å². The highest BCUT2D eigenvalue weighted by molar-refractivity contribution is 9.10. The van der Waals surface area contributed by atoms with Crippen molar-refractivity contribution in [1.29, 1.82) is 5.26 Å². The first-order valence-electron chi connectivity index (χ1n) is 12.9. The standard InChI is InChI=1S/C28H29BrF3N5O2S/c1-27(2,3)15-7-10-17-18(13-33)26(40-20(17)11-15)35-25(38)23-22(29)24-34-19(14-5-8-16(39-4)9-6-14)12-21(28(30,31)32)37(24)36-23/h5-6,8-9,15,19,21,34H,7,10-12H2,1-4H3,(H,35,38)/t15-,19+,21-/m1/s1. The van der Waals surface area contributed by atoms with Gasteiger partial charge in [0.1, 0.15) is 22.6 Å². The molecule has 0 saturated heterocycles. The maximum atomic E-state index is 14.2. The van der Waals surface area contributed by atoms with E-state index >= 15 is 0 Å². The quantitative estimate of drug-likeness (QED) is 0.307. The van der Waals surface area contributed by atoms with Gasteiger partial charge in [-0.3, -0.25) is 4.79 Å². The van der Waals surface area contributed by atoms with E-state index in [9.17, 15) is 23.2 Å². The second-order valence-electron chi connectivity index (χ2n) is 11.3. The van der Waals surface area contributed by atoms with Gasteiger partial charge in [-0.2, -0.15) is 23.5 Å². The number of nitrogens with one attached hydrogen (secondary N) is 2. The summed E-state index contributed by atoms with van der Waals surface area (Å²) in [6.45, 7) is 6.59. The fraction of sp³-hybridized carbons (Fsp3) is 0.464.